The van der Waals surface area contributed by atoms with E-state index in [0.29, 0.717) is 12.8 Å². The van der Waals surface area contributed by atoms with E-state index in [4.69, 9.17) is 11.0 Å². The van der Waals surface area contributed by atoms with Crippen molar-refractivity contribution in [3.63, 3.8) is 0 Å². The first kappa shape index (κ1) is 10.2. The SMILES string of the molecule is CC1(CCC#N)CCC(N)C(=O)C1. The standard InChI is InChI=1S/C10H16N2O/c1-10(4-2-6-11)5-3-8(12)9(13)7-10/h8H,2-5,7,12H2,1H3. The maximum absolute atomic E-state index is 11.4. The fraction of sp³-hybridized carbons (Fsp3) is 0.800. The van der Waals surface area contributed by atoms with E-state index in [2.05, 4.69) is 13.0 Å². The smallest absolute Gasteiger partial charge is 0.150 e. The van der Waals surface area contributed by atoms with Crippen molar-refractivity contribution in [3.8, 4) is 6.07 Å². The maximum atomic E-state index is 11.4. The first-order valence-corrected chi connectivity index (χ1v) is 4.73. The number of nitrogens with two attached hydrogens (primary N) is 1. The number of Topliss-reactive ketones (excluding diaryl/α,β-unsaturated/α-hetero) is 1. The monoisotopic (exact) mass is 180 g/mol. The normalized spacial score (nSPS) is 34.2. The summed E-state index contributed by atoms with van der Waals surface area (Å²) in [6.45, 7) is 2.08. The van der Waals surface area contributed by atoms with E-state index in [1.165, 1.54) is 0 Å². The lowest BCUT2D eigenvalue weighted by molar-refractivity contribution is -0.125. The summed E-state index contributed by atoms with van der Waals surface area (Å²) in [6, 6.07) is 1.87. The van der Waals surface area contributed by atoms with E-state index >= 15 is 0 Å². The van der Waals surface area contributed by atoms with Crippen LogP contribution in [0.2, 0.25) is 0 Å². The molecule has 72 valence electrons. The molecule has 0 saturated heterocycles. The Bertz CT molecular complexity index is 244. The molecule has 0 aromatic carbocycles. The van der Waals surface area contributed by atoms with Crippen LogP contribution in [0.15, 0.2) is 0 Å². The number of ketones is 1. The second kappa shape index (κ2) is 3.89. The molecule has 0 aromatic heterocycles. The van der Waals surface area contributed by atoms with Crippen LogP contribution in [0.25, 0.3) is 0 Å². The van der Waals surface area contributed by atoms with Gasteiger partial charge in [-0.05, 0) is 24.7 Å². The predicted molar refractivity (Wildman–Crippen MR) is 49.8 cm³/mol. The molecule has 1 aliphatic carbocycles. The van der Waals surface area contributed by atoms with Crippen LogP contribution < -0.4 is 5.73 Å². The Morgan fingerprint density at radius 2 is 2.46 bits per heavy atom. The zero-order valence-corrected chi connectivity index (χ0v) is 8.05. The molecule has 2 unspecified atom stereocenters. The number of nitrogens with zero attached hydrogens (tertiary/aromatic N) is 1. The van der Waals surface area contributed by atoms with Gasteiger partial charge in [0.05, 0.1) is 12.1 Å². The van der Waals surface area contributed by atoms with Crippen molar-refractivity contribution in [1.82, 2.24) is 0 Å². The van der Waals surface area contributed by atoms with Gasteiger partial charge in [0.1, 0.15) is 5.78 Å². The average molecular weight is 180 g/mol. The third-order valence-electron chi connectivity index (χ3n) is 2.91. The fourth-order valence-electron chi connectivity index (χ4n) is 1.88. The van der Waals surface area contributed by atoms with Crippen LogP contribution in [0, 0.1) is 16.7 Å². The van der Waals surface area contributed by atoms with Crippen LogP contribution in [0.4, 0.5) is 0 Å². The second-order valence-corrected chi connectivity index (χ2v) is 4.26. The molecule has 0 heterocycles. The van der Waals surface area contributed by atoms with Gasteiger partial charge in [0.2, 0.25) is 0 Å². The molecule has 1 aliphatic rings. The van der Waals surface area contributed by atoms with Crippen molar-refractivity contribution in [2.75, 3.05) is 0 Å². The highest BCUT2D eigenvalue weighted by Gasteiger charge is 2.34. The Labute approximate surface area is 78.9 Å². The van der Waals surface area contributed by atoms with Gasteiger partial charge in [-0.1, -0.05) is 6.92 Å². The van der Waals surface area contributed by atoms with Crippen LogP contribution in [0.1, 0.15) is 39.0 Å². The van der Waals surface area contributed by atoms with Crippen LogP contribution >= 0.6 is 0 Å². The summed E-state index contributed by atoms with van der Waals surface area (Å²) in [5, 5.41) is 8.47. The van der Waals surface area contributed by atoms with Crippen molar-refractivity contribution in [1.29, 1.82) is 5.26 Å². The van der Waals surface area contributed by atoms with Gasteiger partial charge in [-0.2, -0.15) is 5.26 Å². The Balaban J connectivity index is 2.52. The zero-order valence-electron chi connectivity index (χ0n) is 8.05. The van der Waals surface area contributed by atoms with Crippen LogP contribution in [0.5, 0.6) is 0 Å². The third-order valence-corrected chi connectivity index (χ3v) is 2.91. The summed E-state index contributed by atoms with van der Waals surface area (Å²) in [5.74, 6) is 0.159. The van der Waals surface area contributed by atoms with E-state index in [-0.39, 0.29) is 17.2 Å². The molecule has 1 saturated carbocycles. The molecule has 1 rings (SSSR count). The number of rotatable bonds is 2. The maximum Gasteiger partial charge on any atom is 0.150 e. The van der Waals surface area contributed by atoms with Gasteiger partial charge >= 0.3 is 0 Å². The summed E-state index contributed by atoms with van der Waals surface area (Å²) in [4.78, 5) is 11.4. The second-order valence-electron chi connectivity index (χ2n) is 4.26. The molecule has 0 radical (unpaired) electrons. The molecule has 0 aromatic rings. The van der Waals surface area contributed by atoms with E-state index in [1.54, 1.807) is 0 Å². The van der Waals surface area contributed by atoms with E-state index in [0.717, 1.165) is 19.3 Å². The van der Waals surface area contributed by atoms with Crippen molar-refractivity contribution < 1.29 is 4.79 Å². The van der Waals surface area contributed by atoms with Crippen molar-refractivity contribution in [3.05, 3.63) is 0 Å². The first-order valence-electron chi connectivity index (χ1n) is 4.73. The number of hydrogen-bond donors (Lipinski definition) is 1. The first-order chi connectivity index (χ1) is 6.07. The highest BCUT2D eigenvalue weighted by molar-refractivity contribution is 5.85. The summed E-state index contributed by atoms with van der Waals surface area (Å²) >= 11 is 0. The Hall–Kier alpha value is -0.880. The largest absolute Gasteiger partial charge is 0.322 e. The minimum atomic E-state index is -0.254. The van der Waals surface area contributed by atoms with E-state index < -0.39 is 0 Å². The van der Waals surface area contributed by atoms with Crippen LogP contribution in [-0.4, -0.2) is 11.8 Å². The Morgan fingerprint density at radius 3 is 3.00 bits per heavy atom. The summed E-state index contributed by atoms with van der Waals surface area (Å²) < 4.78 is 0. The van der Waals surface area contributed by atoms with Crippen molar-refractivity contribution in [2.24, 2.45) is 11.1 Å². The molecule has 0 spiro atoms. The van der Waals surface area contributed by atoms with E-state index in [9.17, 15) is 4.79 Å². The summed E-state index contributed by atoms with van der Waals surface area (Å²) in [5.41, 5.74) is 5.64. The Kier molecular flexibility index (Phi) is 3.05. The Morgan fingerprint density at radius 1 is 1.77 bits per heavy atom. The lowest BCUT2D eigenvalue weighted by Gasteiger charge is -2.34. The predicted octanol–water partition coefficient (Wildman–Crippen LogP) is 1.38. The van der Waals surface area contributed by atoms with Gasteiger partial charge in [-0.3, -0.25) is 4.79 Å². The molecule has 0 bridgehead atoms. The quantitative estimate of drug-likeness (QED) is 0.698. The molecule has 3 nitrogen and oxygen atoms in total. The molecular formula is C10H16N2O. The number of carbonyl (C=O) groups is 1. The van der Waals surface area contributed by atoms with Crippen molar-refractivity contribution in [2.45, 2.75) is 45.1 Å². The van der Waals surface area contributed by atoms with Gasteiger partial charge < -0.3 is 5.73 Å². The number of carbonyl (C=O) groups excluding carboxylic acids is 1. The minimum absolute atomic E-state index is 0.0304. The molecule has 13 heavy (non-hydrogen) atoms. The van der Waals surface area contributed by atoms with Gasteiger partial charge in [-0.15, -0.1) is 0 Å². The van der Waals surface area contributed by atoms with Gasteiger partial charge in [0, 0.05) is 12.8 Å². The van der Waals surface area contributed by atoms with Crippen LogP contribution in [-0.2, 0) is 4.79 Å². The number of nitriles is 1. The van der Waals surface area contributed by atoms with Crippen molar-refractivity contribution >= 4 is 5.78 Å². The van der Waals surface area contributed by atoms with E-state index in [1.807, 2.05) is 0 Å². The summed E-state index contributed by atoms with van der Waals surface area (Å²) in [6.07, 6.45) is 3.67. The molecule has 0 amide bonds. The zero-order chi connectivity index (χ0) is 9.90. The molecule has 2 atom stereocenters. The lowest BCUT2D eigenvalue weighted by Crippen LogP contribution is -2.40. The lowest BCUT2D eigenvalue weighted by atomic mass is 9.71. The third kappa shape index (κ3) is 2.53. The van der Waals surface area contributed by atoms with Gasteiger partial charge in [0.15, 0.2) is 0 Å². The fourth-order valence-corrected chi connectivity index (χ4v) is 1.88. The highest BCUT2D eigenvalue weighted by Crippen LogP contribution is 2.37. The number of hydrogen-bond acceptors (Lipinski definition) is 3. The molecule has 0 aliphatic heterocycles. The molecule has 3 heteroatoms. The molecular weight excluding hydrogens is 164 g/mol. The molecule has 1 fully saturated rings. The van der Waals surface area contributed by atoms with Crippen LogP contribution in [0.3, 0.4) is 0 Å². The minimum Gasteiger partial charge on any atom is -0.322 e. The molecule has 2 N–H and O–H groups in total. The average Bonchev–Trinajstić information content (AvgIpc) is 2.09. The highest BCUT2D eigenvalue weighted by atomic mass is 16.1. The summed E-state index contributed by atoms with van der Waals surface area (Å²) in [7, 11) is 0. The van der Waals surface area contributed by atoms with Gasteiger partial charge in [-0.25, -0.2) is 0 Å². The topological polar surface area (TPSA) is 66.9 Å². The van der Waals surface area contributed by atoms with Gasteiger partial charge in [0.25, 0.3) is 0 Å².